The number of aromatic nitrogens is 2. The number of benzene rings is 1. The molecule has 19 heavy (non-hydrogen) atoms. The van der Waals surface area contributed by atoms with E-state index in [0.29, 0.717) is 11.3 Å². The van der Waals surface area contributed by atoms with Crippen LogP contribution in [0.2, 0.25) is 0 Å². The van der Waals surface area contributed by atoms with E-state index in [9.17, 15) is 10.1 Å². The summed E-state index contributed by atoms with van der Waals surface area (Å²) >= 11 is 0. The molecule has 0 amide bonds. The fraction of sp³-hybridized carbons (Fsp3) is 0.143. The summed E-state index contributed by atoms with van der Waals surface area (Å²) in [4.78, 5) is 20.0. The molecule has 0 aliphatic heterocycles. The van der Waals surface area contributed by atoms with Crippen LogP contribution in [0.3, 0.4) is 0 Å². The minimum atomic E-state index is -0.974. The van der Waals surface area contributed by atoms with Crippen molar-refractivity contribution in [2.24, 2.45) is 0 Å². The van der Waals surface area contributed by atoms with Gasteiger partial charge in [-0.1, -0.05) is 18.2 Å². The molecule has 1 aromatic heterocycles. The molecule has 5 nitrogen and oxygen atoms in total. The summed E-state index contributed by atoms with van der Waals surface area (Å²) in [6.07, 6.45) is 2.94. The van der Waals surface area contributed by atoms with E-state index in [2.05, 4.69) is 9.97 Å². The number of para-hydroxylation sites is 1. The van der Waals surface area contributed by atoms with Gasteiger partial charge in [0.1, 0.15) is 11.7 Å². The van der Waals surface area contributed by atoms with Crippen LogP contribution >= 0.6 is 0 Å². The maximum absolute atomic E-state index is 12.2. The van der Waals surface area contributed by atoms with Gasteiger partial charge in [0.15, 0.2) is 5.82 Å². The van der Waals surface area contributed by atoms with E-state index in [1.807, 2.05) is 6.07 Å². The van der Waals surface area contributed by atoms with Crippen molar-refractivity contribution in [3.8, 4) is 11.8 Å². The number of rotatable bonds is 4. The van der Waals surface area contributed by atoms with E-state index in [1.165, 1.54) is 19.5 Å². The zero-order chi connectivity index (χ0) is 13.7. The minimum Gasteiger partial charge on any atom is -0.496 e. The second-order valence-corrected chi connectivity index (χ2v) is 3.74. The number of nitriles is 1. The summed E-state index contributed by atoms with van der Waals surface area (Å²) in [5, 5.41) is 9.25. The highest BCUT2D eigenvalue weighted by molar-refractivity contribution is 6.00. The second kappa shape index (κ2) is 5.74. The number of ether oxygens (including phenoxy) is 1. The van der Waals surface area contributed by atoms with Crippen molar-refractivity contribution < 1.29 is 9.53 Å². The highest BCUT2D eigenvalue weighted by Gasteiger charge is 2.26. The molecule has 1 atom stereocenters. The highest BCUT2D eigenvalue weighted by atomic mass is 16.5. The van der Waals surface area contributed by atoms with E-state index in [0.717, 1.165) is 0 Å². The Balaban J connectivity index is 2.41. The van der Waals surface area contributed by atoms with Crippen molar-refractivity contribution >= 4 is 5.78 Å². The minimum absolute atomic E-state index is 0.0277. The van der Waals surface area contributed by atoms with Gasteiger partial charge in [-0.25, -0.2) is 9.97 Å². The molecule has 0 bridgehead atoms. The van der Waals surface area contributed by atoms with Crippen LogP contribution in [0, 0.1) is 11.3 Å². The van der Waals surface area contributed by atoms with Crippen LogP contribution in [0.5, 0.6) is 5.75 Å². The zero-order valence-corrected chi connectivity index (χ0v) is 10.3. The molecule has 94 valence electrons. The van der Waals surface area contributed by atoms with E-state index in [1.54, 1.807) is 30.3 Å². The lowest BCUT2D eigenvalue weighted by Crippen LogP contribution is -2.15. The van der Waals surface area contributed by atoms with Gasteiger partial charge in [0.25, 0.3) is 0 Å². The first-order chi connectivity index (χ1) is 9.27. The summed E-state index contributed by atoms with van der Waals surface area (Å²) in [5.41, 5.74) is 0.518. The average molecular weight is 253 g/mol. The third-order valence-corrected chi connectivity index (χ3v) is 2.63. The maximum Gasteiger partial charge on any atom is 0.221 e. The SMILES string of the molecule is COc1ccccc1C(C#N)C(=O)c1ncccn1. The van der Waals surface area contributed by atoms with Gasteiger partial charge in [-0.3, -0.25) is 4.79 Å². The predicted octanol–water partition coefficient (Wildman–Crippen LogP) is 1.98. The van der Waals surface area contributed by atoms with Gasteiger partial charge >= 0.3 is 0 Å². The van der Waals surface area contributed by atoms with Gasteiger partial charge in [0.05, 0.1) is 13.2 Å². The van der Waals surface area contributed by atoms with E-state index in [-0.39, 0.29) is 5.82 Å². The second-order valence-electron chi connectivity index (χ2n) is 3.74. The molecule has 0 aliphatic carbocycles. The molecule has 1 unspecified atom stereocenters. The number of methoxy groups -OCH3 is 1. The lowest BCUT2D eigenvalue weighted by Gasteiger charge is -2.11. The lowest BCUT2D eigenvalue weighted by atomic mass is 9.94. The van der Waals surface area contributed by atoms with Crippen LogP contribution in [0.15, 0.2) is 42.7 Å². The summed E-state index contributed by atoms with van der Waals surface area (Å²) in [6.45, 7) is 0. The number of hydrogen-bond acceptors (Lipinski definition) is 5. The fourth-order valence-electron chi connectivity index (χ4n) is 1.73. The summed E-state index contributed by atoms with van der Waals surface area (Å²) in [6, 6.07) is 10.5. The van der Waals surface area contributed by atoms with Gasteiger partial charge < -0.3 is 4.74 Å². The lowest BCUT2D eigenvalue weighted by molar-refractivity contribution is 0.0967. The number of hydrogen-bond donors (Lipinski definition) is 0. The molecule has 0 saturated heterocycles. The molecule has 5 heteroatoms. The summed E-state index contributed by atoms with van der Waals surface area (Å²) in [7, 11) is 1.50. The molecule has 1 heterocycles. The van der Waals surface area contributed by atoms with Crippen LogP contribution in [-0.2, 0) is 0 Å². The number of nitrogens with zero attached hydrogens (tertiary/aromatic N) is 3. The summed E-state index contributed by atoms with van der Waals surface area (Å²) in [5.74, 6) is -0.885. The first-order valence-electron chi connectivity index (χ1n) is 5.61. The third-order valence-electron chi connectivity index (χ3n) is 2.63. The Morgan fingerprint density at radius 2 is 1.95 bits per heavy atom. The Morgan fingerprint density at radius 1 is 1.26 bits per heavy atom. The van der Waals surface area contributed by atoms with E-state index in [4.69, 9.17) is 4.74 Å². The molecule has 0 N–H and O–H groups in total. The first-order valence-corrected chi connectivity index (χ1v) is 5.61. The van der Waals surface area contributed by atoms with E-state index < -0.39 is 11.7 Å². The number of carbonyl (C=O) groups is 1. The highest BCUT2D eigenvalue weighted by Crippen LogP contribution is 2.27. The topological polar surface area (TPSA) is 75.9 Å². The number of ketones is 1. The Bertz CT molecular complexity index is 620. The van der Waals surface area contributed by atoms with Crippen LogP contribution in [-0.4, -0.2) is 22.9 Å². The molecule has 0 saturated carbocycles. The Morgan fingerprint density at radius 3 is 2.58 bits per heavy atom. The normalized spacial score (nSPS) is 11.4. The van der Waals surface area contributed by atoms with Crippen molar-refractivity contribution in [2.45, 2.75) is 5.92 Å². The largest absolute Gasteiger partial charge is 0.496 e. The number of carbonyl (C=O) groups excluding carboxylic acids is 1. The van der Waals surface area contributed by atoms with Gasteiger partial charge in [0, 0.05) is 18.0 Å². The molecule has 0 radical (unpaired) electrons. The summed E-state index contributed by atoms with van der Waals surface area (Å²) < 4.78 is 5.17. The molecule has 0 spiro atoms. The predicted molar refractivity (Wildman–Crippen MR) is 67.7 cm³/mol. The van der Waals surface area contributed by atoms with Crippen molar-refractivity contribution in [1.29, 1.82) is 5.26 Å². The van der Waals surface area contributed by atoms with Gasteiger partial charge in [-0.05, 0) is 12.1 Å². The smallest absolute Gasteiger partial charge is 0.221 e. The zero-order valence-electron chi connectivity index (χ0n) is 10.3. The van der Waals surface area contributed by atoms with Gasteiger partial charge in [-0.15, -0.1) is 0 Å². The third kappa shape index (κ3) is 2.58. The molecular formula is C14H11N3O2. The average Bonchev–Trinajstić information content (AvgIpc) is 2.49. The van der Waals surface area contributed by atoms with Crippen LogP contribution < -0.4 is 4.74 Å². The van der Waals surface area contributed by atoms with Gasteiger partial charge in [0.2, 0.25) is 5.78 Å². The molecular weight excluding hydrogens is 242 g/mol. The Labute approximate surface area is 110 Å². The molecule has 0 fully saturated rings. The standard InChI is InChI=1S/C14H11N3O2/c1-19-12-6-3-2-5-10(12)11(9-15)13(18)14-16-7-4-8-17-14/h2-8,11H,1H3. The Hall–Kier alpha value is -2.74. The molecule has 2 rings (SSSR count). The van der Waals surface area contributed by atoms with Crippen molar-refractivity contribution in [3.05, 3.63) is 54.1 Å². The number of Topliss-reactive ketones (excluding diaryl/α,β-unsaturated/α-hetero) is 1. The van der Waals surface area contributed by atoms with Gasteiger partial charge in [-0.2, -0.15) is 5.26 Å². The van der Waals surface area contributed by atoms with Crippen molar-refractivity contribution in [3.63, 3.8) is 0 Å². The molecule has 0 aliphatic rings. The van der Waals surface area contributed by atoms with Crippen LogP contribution in [0.4, 0.5) is 0 Å². The molecule has 2 aromatic rings. The van der Waals surface area contributed by atoms with Crippen molar-refractivity contribution in [2.75, 3.05) is 7.11 Å². The quantitative estimate of drug-likeness (QED) is 0.778. The maximum atomic E-state index is 12.2. The fourth-order valence-corrected chi connectivity index (χ4v) is 1.73. The van der Waals surface area contributed by atoms with Crippen molar-refractivity contribution in [1.82, 2.24) is 9.97 Å². The van der Waals surface area contributed by atoms with E-state index >= 15 is 0 Å². The first kappa shape index (κ1) is 12.7. The molecule has 1 aromatic carbocycles. The Kier molecular flexibility index (Phi) is 3.84. The van der Waals surface area contributed by atoms with Crippen LogP contribution in [0.25, 0.3) is 0 Å². The van der Waals surface area contributed by atoms with Crippen LogP contribution in [0.1, 0.15) is 22.1 Å². The monoisotopic (exact) mass is 253 g/mol.